The lowest BCUT2D eigenvalue weighted by Gasteiger charge is -2.30. The standard InChI is InChI=1S/C35H49N11O9S2.C31H41N9O7S2/c36-30(51)25-18-57-56-13-10-27(47)42-22(8-3-4-11-39-35(37)38)31(52)41-17-28(48)43-23(15-29(49)50)32(53)44-24(14-19-16-40-21-7-2-1-6-20(19)21)34(55)46-12-5-9-26(46)33(54)45-25;1-17(41)12-23-30(47)37-19-13-18-6-2-3-7-20(18)21(14-19)28(45)40-24(27(32)44)16-49-48-11-9-25(42)38-22(8-4-5-10-35-31(33)34)29(46)36-15-26(43)39-23/h1-2,6-7,16,22-26,40H,3-5,8-15,17-18H2,(H2,36,51)(H,41,52)(H,42,47)(H,43,48)(H,44,53)(H,45,54)(H,49,50)(H4,37,38,39);2-3,6-7,13-14,22-24H,4-5,8-12,15-16H2,1H3,(H2,32,44)(H,36,46)(H,37,47)(H,38,42)(H,39,43)(H,40,45)(H4,33,34,35). The Kier molecular flexibility index (Phi) is 34.5. The van der Waals surface area contributed by atoms with Crippen LogP contribution in [0, 0.1) is 0 Å². The number of hydrogen-bond donors (Lipinski definition) is 18. The van der Waals surface area contributed by atoms with E-state index < -0.39 is 151 Å². The van der Waals surface area contributed by atoms with Gasteiger partial charge in [-0.2, -0.15) is 0 Å². The van der Waals surface area contributed by atoms with Crippen LogP contribution in [0.25, 0.3) is 21.7 Å². The number of nitrogens with zero attached hydrogens (tertiary/aromatic N) is 3. The number of nitrogens with two attached hydrogens (primary N) is 6. The van der Waals surface area contributed by atoms with Gasteiger partial charge in [-0.1, -0.05) is 85.6 Å². The minimum absolute atomic E-state index is 0.0195. The Balaban J connectivity index is 0.000000336. The normalized spacial score (nSPS) is 22.1. The molecule has 0 saturated carbocycles. The highest BCUT2D eigenvalue weighted by Gasteiger charge is 2.40. The summed E-state index contributed by atoms with van der Waals surface area (Å²) >= 11 is 0. The number of guanidine groups is 2. The van der Waals surface area contributed by atoms with Crippen molar-refractivity contribution < 1.29 is 77.0 Å². The second-order valence-corrected chi connectivity index (χ2v) is 29.9. The van der Waals surface area contributed by atoms with E-state index >= 15 is 0 Å². The first kappa shape index (κ1) is 84.6. The summed E-state index contributed by atoms with van der Waals surface area (Å²) in [4.78, 5) is 207. The van der Waals surface area contributed by atoms with Crippen LogP contribution in [0.5, 0.6) is 0 Å². The van der Waals surface area contributed by atoms with E-state index in [-0.39, 0.29) is 104 Å². The van der Waals surface area contributed by atoms with Crippen molar-refractivity contribution in [3.63, 3.8) is 0 Å². The first-order valence-corrected chi connectivity index (χ1v) is 38.8. The molecule has 106 heavy (non-hydrogen) atoms. The van der Waals surface area contributed by atoms with Crippen LogP contribution in [0.3, 0.4) is 0 Å². The van der Waals surface area contributed by atoms with Crippen molar-refractivity contribution in [1.82, 2.24) is 57.7 Å². The number of unbranched alkanes of at least 4 members (excludes halogenated alkanes) is 2. The number of hydrogen-bond acceptors (Lipinski definition) is 21. The van der Waals surface area contributed by atoms with Crippen molar-refractivity contribution in [3.05, 3.63) is 78.0 Å². The Labute approximate surface area is 624 Å². The fraction of sp³-hybridized carbons (Fsp3) is 0.470. The average molecular weight is 1550 g/mol. The van der Waals surface area contributed by atoms with E-state index in [2.05, 4.69) is 68.1 Å². The molecular weight excluding hydrogens is 1460 g/mol. The minimum Gasteiger partial charge on any atom is -0.481 e. The van der Waals surface area contributed by atoms with Crippen molar-refractivity contribution in [3.8, 4) is 0 Å². The van der Waals surface area contributed by atoms with Gasteiger partial charge in [0.15, 0.2) is 11.9 Å². The van der Waals surface area contributed by atoms with Crippen LogP contribution in [0.2, 0.25) is 0 Å². The van der Waals surface area contributed by atoms with Gasteiger partial charge >= 0.3 is 5.97 Å². The van der Waals surface area contributed by atoms with E-state index in [1.54, 1.807) is 42.6 Å². The highest BCUT2D eigenvalue weighted by atomic mass is 33.1. The molecule has 0 radical (unpaired) electrons. The summed E-state index contributed by atoms with van der Waals surface area (Å²) in [5.74, 6) is -10.3. The van der Waals surface area contributed by atoms with Crippen molar-refractivity contribution in [2.45, 2.75) is 139 Å². The van der Waals surface area contributed by atoms with Crippen LogP contribution in [0.15, 0.2) is 76.8 Å². The second kappa shape index (κ2) is 43.2. The molecule has 3 aliphatic rings. The second-order valence-electron chi connectivity index (χ2n) is 24.7. The molecule has 0 aliphatic carbocycles. The van der Waals surface area contributed by atoms with Crippen molar-refractivity contribution in [2.75, 3.05) is 61.1 Å². The first-order chi connectivity index (χ1) is 50.6. The molecule has 3 aromatic carbocycles. The number of ketones is 1. The quantitative estimate of drug-likeness (QED) is 0.0214. The third-order valence-corrected chi connectivity index (χ3v) is 21.2. The third kappa shape index (κ3) is 28.3. The monoisotopic (exact) mass is 1550 g/mol. The van der Waals surface area contributed by atoms with Gasteiger partial charge in [0.05, 0.1) is 19.5 Å². The molecular formula is C66H90N20O16S4. The van der Waals surface area contributed by atoms with Gasteiger partial charge in [0.2, 0.25) is 70.9 Å². The number of primary amides is 2. The molecule has 8 unspecified atom stereocenters. The number of amides is 13. The highest BCUT2D eigenvalue weighted by molar-refractivity contribution is 8.77. The Morgan fingerprint density at radius 2 is 1.08 bits per heavy atom. The number of carboxylic acid groups (broad SMARTS) is 1. The number of carbonyl (C=O) groups is 15. The summed E-state index contributed by atoms with van der Waals surface area (Å²) in [6, 6.07) is 7.67. The smallest absolute Gasteiger partial charge is 0.305 e. The number of aromatic amines is 1. The maximum absolute atomic E-state index is 14.3. The lowest BCUT2D eigenvalue weighted by atomic mass is 10.0. The van der Waals surface area contributed by atoms with Crippen LogP contribution in [0.1, 0.15) is 99.9 Å². The topological polar surface area (TPSA) is 596 Å². The van der Waals surface area contributed by atoms with Crippen molar-refractivity contribution in [2.24, 2.45) is 44.4 Å². The number of fused-ring (bicyclic) bond motifs is 6. The number of aliphatic carboxylic acids is 1. The largest absolute Gasteiger partial charge is 0.481 e. The maximum Gasteiger partial charge on any atom is 0.305 e. The lowest BCUT2D eigenvalue weighted by molar-refractivity contribution is -0.143. The number of para-hydroxylation sites is 1. The van der Waals surface area contributed by atoms with E-state index in [1.807, 2.05) is 18.2 Å². The number of carboxylic acids is 1. The molecule has 2 fully saturated rings. The van der Waals surface area contributed by atoms with Gasteiger partial charge in [-0.25, -0.2) is 0 Å². The molecule has 2 bridgehead atoms. The van der Waals surface area contributed by atoms with Gasteiger partial charge in [0.1, 0.15) is 54.1 Å². The van der Waals surface area contributed by atoms with Crippen molar-refractivity contribution in [1.29, 1.82) is 0 Å². The van der Waals surface area contributed by atoms with E-state index in [9.17, 15) is 77.0 Å². The van der Waals surface area contributed by atoms with Gasteiger partial charge in [-0.05, 0) is 92.8 Å². The predicted molar refractivity (Wildman–Crippen MR) is 402 cm³/mol. The van der Waals surface area contributed by atoms with Crippen LogP contribution >= 0.6 is 43.2 Å². The predicted octanol–water partition coefficient (Wildman–Crippen LogP) is -2.40. The van der Waals surface area contributed by atoms with Crippen LogP contribution in [0.4, 0.5) is 5.69 Å². The van der Waals surface area contributed by atoms with E-state index in [0.29, 0.717) is 60.7 Å². The number of benzene rings is 3. The number of aliphatic imine (C=N–C) groups is 2. The van der Waals surface area contributed by atoms with Crippen LogP contribution in [-0.4, -0.2) is 220 Å². The zero-order valence-corrected chi connectivity index (χ0v) is 61.3. The number of Topliss-reactive ketones (excluding diaryl/α,β-unsaturated/α-hetero) is 1. The molecule has 40 heteroatoms. The molecule has 3 aliphatic heterocycles. The highest BCUT2D eigenvalue weighted by Crippen LogP contribution is 2.29. The summed E-state index contributed by atoms with van der Waals surface area (Å²) in [7, 11) is 4.97. The zero-order valence-electron chi connectivity index (χ0n) is 58.0. The Hall–Kier alpha value is -10.4. The summed E-state index contributed by atoms with van der Waals surface area (Å²) in [6.07, 6.45) is 3.39. The van der Waals surface area contributed by atoms with Crippen LogP contribution in [-0.2, 0) is 73.5 Å². The van der Waals surface area contributed by atoms with Gasteiger partial charge < -0.3 is 103 Å². The third-order valence-electron chi connectivity index (χ3n) is 16.4. The van der Waals surface area contributed by atoms with E-state index in [4.69, 9.17) is 34.4 Å². The Morgan fingerprint density at radius 1 is 0.557 bits per heavy atom. The zero-order chi connectivity index (χ0) is 77.4. The molecule has 13 amide bonds. The van der Waals surface area contributed by atoms with Gasteiger partial charge in [0, 0.05) is 96.7 Å². The van der Waals surface area contributed by atoms with E-state index in [1.165, 1.54) is 61.1 Å². The van der Waals surface area contributed by atoms with E-state index in [0.717, 1.165) is 10.9 Å². The SMILES string of the molecule is CC(=O)CC1NC(=O)CNC(=O)C(CCCCN=C(N)N)NC(=O)CCSSCC(C(N)=O)NC(=O)c2cc(cc3ccccc23)NC1=O.NC(=O)C1CSSCCC(=O)NC(CCCCN=C(N)N)C(=O)NCC(=O)NC(CC(=O)O)C(=O)NC(Cc2c[nH]c3ccccc23)C(=O)N2CCCC2C(=O)N1. The maximum atomic E-state index is 14.3. The Bertz CT molecular complexity index is 3930. The molecule has 4 aromatic rings. The number of H-pyrrole nitrogens is 1. The molecule has 7 rings (SSSR count). The van der Waals surface area contributed by atoms with Gasteiger partial charge in [-0.15, -0.1) is 0 Å². The summed E-state index contributed by atoms with van der Waals surface area (Å²) in [6.45, 7) is 0.819. The number of anilines is 1. The summed E-state index contributed by atoms with van der Waals surface area (Å²) in [5, 5.41) is 37.2. The molecule has 8 atom stereocenters. The number of carbonyl (C=O) groups excluding carboxylic acids is 14. The molecule has 1 aromatic heterocycles. The summed E-state index contributed by atoms with van der Waals surface area (Å²) in [5.41, 5.74) is 34.4. The van der Waals surface area contributed by atoms with Gasteiger partial charge in [0.25, 0.3) is 5.91 Å². The Morgan fingerprint density at radius 3 is 1.63 bits per heavy atom. The summed E-state index contributed by atoms with van der Waals surface area (Å²) < 4.78 is 0. The number of aromatic nitrogens is 1. The first-order valence-electron chi connectivity index (χ1n) is 33.8. The molecule has 4 heterocycles. The number of rotatable bonds is 18. The molecule has 24 N–H and O–H groups in total. The minimum atomic E-state index is -1.68. The van der Waals surface area contributed by atoms with Crippen LogP contribution < -0.4 is 87.6 Å². The molecule has 0 spiro atoms. The molecule has 2 saturated heterocycles. The van der Waals surface area contributed by atoms with Gasteiger partial charge in [-0.3, -0.25) is 81.9 Å². The fourth-order valence-corrected chi connectivity index (χ4v) is 15.5. The molecule has 574 valence electrons. The fourth-order valence-electron chi connectivity index (χ4n) is 11.2. The van der Waals surface area contributed by atoms with Crippen molar-refractivity contribution >= 4 is 171 Å². The molecule has 36 nitrogen and oxygen atoms in total. The number of nitrogens with one attached hydrogen (secondary N) is 11. The average Bonchev–Trinajstić information content (AvgIpc) is 1.13. The lowest BCUT2D eigenvalue weighted by Crippen LogP contribution is -2.59.